The average Bonchev–Trinajstić information content (AvgIpc) is 3.05. The normalized spacial score (nSPS) is 10.4. The molecule has 0 aliphatic rings. The van der Waals surface area contributed by atoms with Crippen LogP contribution < -0.4 is 5.32 Å². The molecule has 0 unspecified atom stereocenters. The van der Waals surface area contributed by atoms with E-state index in [4.69, 9.17) is 11.6 Å². The average molecular weight is 345 g/mol. The van der Waals surface area contributed by atoms with Gasteiger partial charge in [0.2, 0.25) is 0 Å². The van der Waals surface area contributed by atoms with Gasteiger partial charge in [0.05, 0.1) is 11.4 Å². The van der Waals surface area contributed by atoms with E-state index in [-0.39, 0.29) is 11.5 Å². The van der Waals surface area contributed by atoms with Crippen LogP contribution >= 0.6 is 34.3 Å². The second-order valence-corrected chi connectivity index (χ2v) is 6.93. The second kappa shape index (κ2) is 7.02. The number of carbonyl (C=O) groups excluding carboxylic acids is 2. The number of anilines is 1. The van der Waals surface area contributed by atoms with Gasteiger partial charge in [-0.05, 0) is 18.6 Å². The largest absolute Gasteiger partial charge is 0.464 e. The summed E-state index contributed by atoms with van der Waals surface area (Å²) in [5.74, 6) is -0.805. The van der Waals surface area contributed by atoms with Crippen LogP contribution in [-0.2, 0) is 11.2 Å². The zero-order valence-corrected chi connectivity index (χ0v) is 13.8. The van der Waals surface area contributed by atoms with Gasteiger partial charge >= 0.3 is 5.97 Å². The number of ether oxygens (including phenoxy) is 1. The maximum Gasteiger partial charge on any atom is 0.358 e. The van der Waals surface area contributed by atoms with Crippen molar-refractivity contribution < 1.29 is 14.3 Å². The van der Waals surface area contributed by atoms with E-state index in [1.165, 1.54) is 25.4 Å². The fraction of sp³-hybridized carbons (Fsp3) is 0.308. The number of aromatic nitrogens is 1. The lowest BCUT2D eigenvalue weighted by Gasteiger charge is -2.00. The fourth-order valence-electron chi connectivity index (χ4n) is 1.65. The summed E-state index contributed by atoms with van der Waals surface area (Å²) in [6, 6.07) is 3.82. The molecule has 2 aromatic heterocycles. The molecule has 0 radical (unpaired) electrons. The maximum atomic E-state index is 11.6. The Labute approximate surface area is 134 Å². The third-order valence-electron chi connectivity index (χ3n) is 2.60. The quantitative estimate of drug-likeness (QED) is 0.641. The molecule has 2 aromatic rings. The number of carbonyl (C=O) groups is 2. The minimum Gasteiger partial charge on any atom is -0.464 e. The molecule has 0 aliphatic carbocycles. The summed E-state index contributed by atoms with van der Waals surface area (Å²) < 4.78 is 5.38. The van der Waals surface area contributed by atoms with Crippen molar-refractivity contribution in [3.05, 3.63) is 31.9 Å². The number of hydrogen-bond donors (Lipinski definition) is 1. The third kappa shape index (κ3) is 4.03. The number of esters is 1. The van der Waals surface area contributed by atoms with Crippen molar-refractivity contribution in [2.24, 2.45) is 0 Å². The van der Waals surface area contributed by atoms with Gasteiger partial charge in [-0.2, -0.15) is 0 Å². The molecule has 8 heteroatoms. The number of nitrogens with zero attached hydrogens (tertiary/aromatic N) is 1. The molecule has 1 N–H and O–H groups in total. The SMILES string of the molecule is COC(=O)c1nc(NCCc2ccc(Cl)s2)sc1C(C)=O. The summed E-state index contributed by atoms with van der Waals surface area (Å²) in [6.07, 6.45) is 0.792. The molecular formula is C13H13ClN2O3S2. The predicted octanol–water partition coefficient (Wildman–Crippen LogP) is 3.50. The first-order valence-electron chi connectivity index (χ1n) is 6.09. The van der Waals surface area contributed by atoms with Gasteiger partial charge in [-0.25, -0.2) is 9.78 Å². The summed E-state index contributed by atoms with van der Waals surface area (Å²) in [5.41, 5.74) is 0.0664. The Balaban J connectivity index is 2.03. The van der Waals surface area contributed by atoms with Gasteiger partial charge in [0, 0.05) is 18.3 Å². The number of rotatable bonds is 6. The number of halogens is 1. The van der Waals surface area contributed by atoms with E-state index in [0.717, 1.165) is 27.0 Å². The Morgan fingerprint density at radius 2 is 2.14 bits per heavy atom. The van der Waals surface area contributed by atoms with Crippen LogP contribution in [0.1, 0.15) is 32.0 Å². The van der Waals surface area contributed by atoms with E-state index in [2.05, 4.69) is 15.0 Å². The molecule has 0 fully saturated rings. The Bertz CT molecular complexity index is 666. The molecule has 5 nitrogen and oxygen atoms in total. The highest BCUT2D eigenvalue weighted by Crippen LogP contribution is 2.25. The van der Waals surface area contributed by atoms with Gasteiger partial charge in [0.25, 0.3) is 0 Å². The molecular weight excluding hydrogens is 332 g/mol. The van der Waals surface area contributed by atoms with Gasteiger partial charge in [-0.1, -0.05) is 22.9 Å². The van der Waals surface area contributed by atoms with Crippen molar-refractivity contribution in [2.75, 3.05) is 19.0 Å². The maximum absolute atomic E-state index is 11.6. The standard InChI is InChI=1S/C13H13ClN2O3S2/c1-7(17)11-10(12(18)19-2)16-13(21-11)15-6-5-8-3-4-9(14)20-8/h3-4H,5-6H2,1-2H3,(H,15,16). The smallest absolute Gasteiger partial charge is 0.358 e. The number of methoxy groups -OCH3 is 1. The fourth-order valence-corrected chi connectivity index (χ4v) is 3.61. The minimum absolute atomic E-state index is 0.0664. The van der Waals surface area contributed by atoms with Crippen LogP contribution in [0.3, 0.4) is 0 Å². The first kappa shape index (κ1) is 15.9. The number of hydrogen-bond acceptors (Lipinski definition) is 7. The molecule has 0 atom stereocenters. The zero-order chi connectivity index (χ0) is 15.4. The molecule has 21 heavy (non-hydrogen) atoms. The monoisotopic (exact) mass is 344 g/mol. The lowest BCUT2D eigenvalue weighted by Crippen LogP contribution is -2.08. The van der Waals surface area contributed by atoms with Crippen molar-refractivity contribution in [2.45, 2.75) is 13.3 Å². The van der Waals surface area contributed by atoms with Crippen molar-refractivity contribution in [3.63, 3.8) is 0 Å². The van der Waals surface area contributed by atoms with Crippen LogP contribution in [0.4, 0.5) is 5.13 Å². The molecule has 0 saturated carbocycles. The Hall–Kier alpha value is -1.44. The molecule has 0 amide bonds. The lowest BCUT2D eigenvalue weighted by molar-refractivity contribution is 0.0591. The highest BCUT2D eigenvalue weighted by molar-refractivity contribution is 7.17. The molecule has 0 spiro atoms. The minimum atomic E-state index is -0.602. The van der Waals surface area contributed by atoms with Gasteiger partial charge in [0.15, 0.2) is 16.6 Å². The van der Waals surface area contributed by atoms with Crippen molar-refractivity contribution in [1.29, 1.82) is 0 Å². The molecule has 2 heterocycles. The summed E-state index contributed by atoms with van der Waals surface area (Å²) >= 11 is 8.55. The first-order valence-corrected chi connectivity index (χ1v) is 8.10. The Kier molecular flexibility index (Phi) is 5.33. The van der Waals surface area contributed by atoms with Gasteiger partial charge in [-0.15, -0.1) is 11.3 Å². The third-order valence-corrected chi connectivity index (χ3v) is 5.01. The Morgan fingerprint density at radius 3 is 2.71 bits per heavy atom. The van der Waals surface area contributed by atoms with E-state index < -0.39 is 5.97 Å². The summed E-state index contributed by atoms with van der Waals surface area (Å²) in [4.78, 5) is 28.7. The molecule has 112 valence electrons. The number of thiophene rings is 1. The summed E-state index contributed by atoms with van der Waals surface area (Å²) in [7, 11) is 1.26. The van der Waals surface area contributed by atoms with E-state index in [9.17, 15) is 9.59 Å². The van der Waals surface area contributed by atoms with Crippen molar-refractivity contribution in [3.8, 4) is 0 Å². The van der Waals surface area contributed by atoms with Crippen molar-refractivity contribution >= 4 is 51.2 Å². The van der Waals surface area contributed by atoms with E-state index in [1.807, 2.05) is 12.1 Å². The highest BCUT2D eigenvalue weighted by atomic mass is 35.5. The molecule has 0 aliphatic heterocycles. The molecule has 0 bridgehead atoms. The molecule has 0 aromatic carbocycles. The van der Waals surface area contributed by atoms with Crippen LogP contribution in [0.15, 0.2) is 12.1 Å². The van der Waals surface area contributed by atoms with Gasteiger partial charge < -0.3 is 10.1 Å². The summed E-state index contributed by atoms with van der Waals surface area (Å²) in [6.45, 7) is 2.04. The van der Waals surface area contributed by atoms with Crippen LogP contribution in [0.2, 0.25) is 4.34 Å². The molecule has 2 rings (SSSR count). The first-order chi connectivity index (χ1) is 10.0. The van der Waals surface area contributed by atoms with Crippen LogP contribution in [0.5, 0.6) is 0 Å². The van der Waals surface area contributed by atoms with Crippen LogP contribution in [-0.4, -0.2) is 30.4 Å². The van der Waals surface area contributed by atoms with E-state index >= 15 is 0 Å². The lowest BCUT2D eigenvalue weighted by atomic mass is 10.3. The van der Waals surface area contributed by atoms with Gasteiger partial charge in [-0.3, -0.25) is 4.79 Å². The topological polar surface area (TPSA) is 68.3 Å². The zero-order valence-electron chi connectivity index (χ0n) is 11.4. The summed E-state index contributed by atoms with van der Waals surface area (Å²) in [5, 5.41) is 3.64. The number of ketones is 1. The highest BCUT2D eigenvalue weighted by Gasteiger charge is 2.21. The number of nitrogens with one attached hydrogen (secondary N) is 1. The predicted molar refractivity (Wildman–Crippen MR) is 85.0 cm³/mol. The van der Waals surface area contributed by atoms with Gasteiger partial charge in [0.1, 0.15) is 4.88 Å². The van der Waals surface area contributed by atoms with Crippen LogP contribution in [0, 0.1) is 0 Å². The number of Topliss-reactive ketones (excluding diaryl/α,β-unsaturated/α-hetero) is 1. The second-order valence-electron chi connectivity index (χ2n) is 4.13. The van der Waals surface area contributed by atoms with E-state index in [0.29, 0.717) is 16.6 Å². The van der Waals surface area contributed by atoms with Crippen LogP contribution in [0.25, 0.3) is 0 Å². The van der Waals surface area contributed by atoms with Crippen molar-refractivity contribution in [1.82, 2.24) is 4.98 Å². The van der Waals surface area contributed by atoms with E-state index in [1.54, 1.807) is 0 Å². The Morgan fingerprint density at radius 1 is 1.38 bits per heavy atom. The number of thiazole rings is 1. The molecule has 0 saturated heterocycles.